The first-order valence-electron chi connectivity index (χ1n) is 15.5. The van der Waals surface area contributed by atoms with Crippen molar-refractivity contribution in [1.29, 1.82) is 0 Å². The highest BCUT2D eigenvalue weighted by molar-refractivity contribution is 7.89. The van der Waals surface area contributed by atoms with E-state index in [-0.39, 0.29) is 23.7 Å². The third-order valence-corrected chi connectivity index (χ3v) is 12.0. The van der Waals surface area contributed by atoms with E-state index in [0.717, 1.165) is 61.7 Å². The van der Waals surface area contributed by atoms with Crippen LogP contribution >= 0.6 is 11.6 Å². The number of hydrogen-bond donors (Lipinski definition) is 1. The molecule has 2 aliphatic carbocycles. The molecule has 9 nitrogen and oxygen atoms in total. The van der Waals surface area contributed by atoms with Gasteiger partial charge in [0.15, 0.2) is 0 Å². The third kappa shape index (κ3) is 6.72. The van der Waals surface area contributed by atoms with Gasteiger partial charge in [-0.05, 0) is 98.2 Å². The van der Waals surface area contributed by atoms with Gasteiger partial charge in [0.1, 0.15) is 5.75 Å². The molecule has 0 unspecified atom stereocenters. The number of carbonyl (C=O) groups excluding carboxylic acids is 2. The van der Waals surface area contributed by atoms with Crippen LogP contribution in [0.2, 0.25) is 5.02 Å². The van der Waals surface area contributed by atoms with Gasteiger partial charge in [0.05, 0.1) is 30.2 Å². The molecule has 5 atom stereocenters. The molecule has 2 aromatic rings. The van der Waals surface area contributed by atoms with Crippen LogP contribution in [0, 0.1) is 17.8 Å². The molecule has 5 rings (SSSR count). The number of fused-ring (bicyclic) bond motifs is 3. The minimum atomic E-state index is -3.71. The molecule has 1 aliphatic heterocycles. The summed E-state index contributed by atoms with van der Waals surface area (Å²) in [7, 11) is -0.530. The van der Waals surface area contributed by atoms with Crippen LogP contribution in [0.15, 0.2) is 36.4 Å². The summed E-state index contributed by atoms with van der Waals surface area (Å²) < 4.78 is 35.1. The van der Waals surface area contributed by atoms with Crippen LogP contribution in [-0.2, 0) is 31.4 Å². The SMILES string of the molecule is COC(=O)c1ccc2c(c1)N(C[C@@H]1CC[C@H]1CN(C)C(=O)C[C@H](C)[C@H](C)S(N)(=O)=O)C[C@@]1(CCCc3cc(Cl)ccc31)CO2. The molecule has 2 aromatic carbocycles. The predicted octanol–water partition coefficient (Wildman–Crippen LogP) is 4.79. The van der Waals surface area contributed by atoms with Crippen molar-refractivity contribution in [1.82, 2.24) is 4.90 Å². The molecule has 0 bridgehead atoms. The minimum absolute atomic E-state index is 0.0775. The Balaban J connectivity index is 1.37. The Labute approximate surface area is 266 Å². The highest BCUT2D eigenvalue weighted by Crippen LogP contribution is 2.46. The van der Waals surface area contributed by atoms with Gasteiger partial charge in [-0.2, -0.15) is 0 Å². The zero-order valence-corrected chi connectivity index (χ0v) is 27.6. The number of nitrogens with two attached hydrogens (primary N) is 1. The van der Waals surface area contributed by atoms with E-state index in [2.05, 4.69) is 17.0 Å². The number of aryl methyl sites for hydroxylation is 1. The smallest absolute Gasteiger partial charge is 0.337 e. The Kier molecular flexibility index (Phi) is 9.54. The summed E-state index contributed by atoms with van der Waals surface area (Å²) in [5.41, 5.74) is 3.67. The molecule has 2 N–H and O–H groups in total. The Hall–Kier alpha value is -2.82. The van der Waals surface area contributed by atoms with Gasteiger partial charge in [-0.15, -0.1) is 0 Å². The molecule has 44 heavy (non-hydrogen) atoms. The summed E-state index contributed by atoms with van der Waals surface area (Å²) in [6.45, 7) is 5.93. The fourth-order valence-electron chi connectivity index (χ4n) is 7.14. The van der Waals surface area contributed by atoms with E-state index >= 15 is 0 Å². The van der Waals surface area contributed by atoms with E-state index in [9.17, 15) is 18.0 Å². The number of nitrogens with zero attached hydrogens (tertiary/aromatic N) is 2. The zero-order chi connectivity index (χ0) is 31.8. The topological polar surface area (TPSA) is 119 Å². The average molecular weight is 646 g/mol. The predicted molar refractivity (Wildman–Crippen MR) is 172 cm³/mol. The Morgan fingerprint density at radius 3 is 2.61 bits per heavy atom. The third-order valence-electron chi connectivity index (χ3n) is 10.2. The lowest BCUT2D eigenvalue weighted by molar-refractivity contribution is -0.132. The van der Waals surface area contributed by atoms with Gasteiger partial charge < -0.3 is 19.3 Å². The van der Waals surface area contributed by atoms with Gasteiger partial charge in [-0.1, -0.05) is 24.6 Å². The second-order valence-electron chi connectivity index (χ2n) is 13.1. The van der Waals surface area contributed by atoms with Gasteiger partial charge in [0, 0.05) is 43.5 Å². The quantitative estimate of drug-likeness (QED) is 0.390. The van der Waals surface area contributed by atoms with Gasteiger partial charge in [0.25, 0.3) is 0 Å². The average Bonchev–Trinajstić information content (AvgIpc) is 3.13. The monoisotopic (exact) mass is 645 g/mol. The summed E-state index contributed by atoms with van der Waals surface area (Å²) in [6.07, 6.45) is 5.18. The molecular formula is C33H44ClN3O6S. The number of sulfonamides is 1. The lowest BCUT2D eigenvalue weighted by Gasteiger charge is -2.45. The van der Waals surface area contributed by atoms with Gasteiger partial charge in [-0.25, -0.2) is 18.4 Å². The van der Waals surface area contributed by atoms with Crippen LogP contribution in [0.4, 0.5) is 5.69 Å². The summed E-state index contributed by atoms with van der Waals surface area (Å²) in [5, 5.41) is 5.27. The molecule has 240 valence electrons. The van der Waals surface area contributed by atoms with Crippen LogP contribution in [0.5, 0.6) is 5.75 Å². The molecule has 1 fully saturated rings. The van der Waals surface area contributed by atoms with Crippen molar-refractivity contribution in [2.75, 3.05) is 45.3 Å². The molecule has 0 radical (unpaired) electrons. The molecule has 1 amide bonds. The summed E-state index contributed by atoms with van der Waals surface area (Å²) in [5.74, 6) is 0.545. The van der Waals surface area contributed by atoms with Crippen LogP contribution < -0.4 is 14.8 Å². The van der Waals surface area contributed by atoms with Crippen LogP contribution in [-0.4, -0.2) is 70.8 Å². The molecule has 1 heterocycles. The Morgan fingerprint density at radius 1 is 1.18 bits per heavy atom. The Morgan fingerprint density at radius 2 is 1.93 bits per heavy atom. The van der Waals surface area contributed by atoms with Crippen molar-refractivity contribution in [3.63, 3.8) is 0 Å². The highest BCUT2D eigenvalue weighted by atomic mass is 35.5. The second-order valence-corrected chi connectivity index (χ2v) is 15.5. The van der Waals surface area contributed by atoms with Crippen molar-refractivity contribution in [3.8, 4) is 5.75 Å². The van der Waals surface area contributed by atoms with E-state index in [4.69, 9.17) is 26.2 Å². The molecule has 0 saturated heterocycles. The van der Waals surface area contributed by atoms with Crippen molar-refractivity contribution >= 4 is 39.2 Å². The standard InChI is InChI=1S/C33H44ClN3O6S/c1-21(22(2)44(35,40)41)14-31(38)36(3)17-25-7-8-26(25)18-37-19-33(13-5-6-23-15-27(34)10-11-28(23)33)20-43-30-12-9-24(16-29(30)37)32(39)42-4/h9-12,15-16,21-22,25-26H,5-8,13-14,17-20H2,1-4H3,(H2,35,40,41)/t21-,22-,25-,26-,33-/m0/s1. The Bertz CT molecular complexity index is 1520. The van der Waals surface area contributed by atoms with Crippen LogP contribution in [0.1, 0.15) is 67.4 Å². The molecule has 0 aromatic heterocycles. The number of carbonyl (C=O) groups is 2. The number of anilines is 1. The highest BCUT2D eigenvalue weighted by Gasteiger charge is 2.43. The number of primary sulfonamides is 1. The first-order valence-corrected chi connectivity index (χ1v) is 17.4. The summed E-state index contributed by atoms with van der Waals surface area (Å²) in [6, 6.07) is 11.7. The second kappa shape index (κ2) is 12.9. The molecule has 3 aliphatic rings. The van der Waals surface area contributed by atoms with Crippen LogP contribution in [0.3, 0.4) is 0 Å². The van der Waals surface area contributed by atoms with Crippen molar-refractivity contribution in [2.45, 2.75) is 63.0 Å². The minimum Gasteiger partial charge on any atom is -0.490 e. The lowest BCUT2D eigenvalue weighted by atomic mass is 9.69. The maximum Gasteiger partial charge on any atom is 0.337 e. The summed E-state index contributed by atoms with van der Waals surface area (Å²) in [4.78, 5) is 29.7. The van der Waals surface area contributed by atoms with Crippen molar-refractivity contribution in [3.05, 3.63) is 58.1 Å². The van der Waals surface area contributed by atoms with E-state index in [1.807, 2.05) is 18.2 Å². The van der Waals surface area contributed by atoms with E-state index < -0.39 is 21.2 Å². The number of ether oxygens (including phenoxy) is 2. The molecule has 11 heteroatoms. The van der Waals surface area contributed by atoms with E-state index in [0.29, 0.717) is 30.6 Å². The van der Waals surface area contributed by atoms with Crippen LogP contribution in [0.25, 0.3) is 0 Å². The van der Waals surface area contributed by atoms with Crippen molar-refractivity contribution in [2.24, 2.45) is 22.9 Å². The molecule has 1 spiro atoms. The number of benzene rings is 2. The number of halogens is 1. The first kappa shape index (κ1) is 32.6. The maximum absolute atomic E-state index is 13.0. The fourth-order valence-corrected chi connectivity index (χ4v) is 8.07. The van der Waals surface area contributed by atoms with Crippen molar-refractivity contribution < 1.29 is 27.5 Å². The largest absolute Gasteiger partial charge is 0.490 e. The lowest BCUT2D eigenvalue weighted by Crippen LogP contribution is -2.49. The molecular weight excluding hydrogens is 602 g/mol. The summed E-state index contributed by atoms with van der Waals surface area (Å²) >= 11 is 6.39. The molecule has 1 saturated carbocycles. The first-order chi connectivity index (χ1) is 20.8. The zero-order valence-electron chi connectivity index (χ0n) is 26.1. The van der Waals surface area contributed by atoms with Gasteiger partial charge in [0.2, 0.25) is 15.9 Å². The number of hydrogen-bond acceptors (Lipinski definition) is 7. The number of amides is 1. The van der Waals surface area contributed by atoms with Gasteiger partial charge in [-0.3, -0.25) is 4.79 Å². The normalized spacial score (nSPS) is 24.2. The fraction of sp³-hybridized carbons (Fsp3) is 0.576. The number of methoxy groups -OCH3 is 1. The van der Waals surface area contributed by atoms with E-state index in [1.165, 1.54) is 18.2 Å². The number of esters is 1. The maximum atomic E-state index is 13.0. The van der Waals surface area contributed by atoms with Gasteiger partial charge >= 0.3 is 5.97 Å². The number of rotatable bonds is 9. The van der Waals surface area contributed by atoms with E-state index in [1.54, 1.807) is 31.9 Å².